The molecule has 8 bridgehead atoms. The predicted molar refractivity (Wildman–Crippen MR) is 136 cm³/mol. The van der Waals surface area contributed by atoms with Crippen molar-refractivity contribution in [1.82, 2.24) is 0 Å². The van der Waals surface area contributed by atoms with Crippen LogP contribution in [-0.2, 0) is 23.8 Å². The number of hydrogen-bond donors (Lipinski definition) is 0. The van der Waals surface area contributed by atoms with E-state index >= 15 is 0 Å². The summed E-state index contributed by atoms with van der Waals surface area (Å²) in [5.74, 6) is 4.24. The van der Waals surface area contributed by atoms with Gasteiger partial charge < -0.3 is 14.2 Å². The fourth-order valence-electron chi connectivity index (χ4n) is 9.31. The Balaban J connectivity index is 0.00000144. The smallest absolute Gasteiger partial charge is 0.314 e. The second kappa shape index (κ2) is 9.65. The Morgan fingerprint density at radius 3 is 1.86 bits per heavy atom. The Morgan fingerprint density at radius 2 is 1.31 bits per heavy atom. The minimum Gasteiger partial charge on any atom is -0.461 e. The molecule has 0 amide bonds. The molecule has 0 aromatic carbocycles. The van der Waals surface area contributed by atoms with Crippen molar-refractivity contribution in [2.45, 2.75) is 118 Å². The summed E-state index contributed by atoms with van der Waals surface area (Å²) in [5.41, 5.74) is -0.826. The van der Waals surface area contributed by atoms with Gasteiger partial charge in [0.1, 0.15) is 6.10 Å². The highest BCUT2D eigenvalue weighted by Crippen LogP contribution is 2.61. The maximum absolute atomic E-state index is 13.4. The van der Waals surface area contributed by atoms with Crippen LogP contribution in [0.2, 0.25) is 0 Å². The monoisotopic (exact) mass is 490 g/mol. The molecule has 5 nitrogen and oxygen atoms in total. The Kier molecular flexibility index (Phi) is 7.43. The van der Waals surface area contributed by atoms with E-state index in [1.54, 1.807) is 0 Å². The first-order valence-electron chi connectivity index (χ1n) is 13.8. The molecule has 0 spiro atoms. The van der Waals surface area contributed by atoms with Crippen LogP contribution in [-0.4, -0.2) is 30.9 Å². The maximum atomic E-state index is 13.4. The van der Waals surface area contributed by atoms with E-state index < -0.39 is 5.41 Å². The van der Waals surface area contributed by atoms with Gasteiger partial charge >= 0.3 is 11.9 Å². The predicted octanol–water partition coefficient (Wildman–Crippen LogP) is 6.77. The number of esters is 2. The number of carbonyl (C=O) groups excluding carboxylic acids is 2. The first-order chi connectivity index (χ1) is 15.8. The van der Waals surface area contributed by atoms with Gasteiger partial charge in [-0.3, -0.25) is 9.59 Å². The van der Waals surface area contributed by atoms with Crippen molar-refractivity contribution in [3.05, 3.63) is 0 Å². The van der Waals surface area contributed by atoms with Crippen LogP contribution in [0, 0.1) is 52.3 Å². The van der Waals surface area contributed by atoms with Gasteiger partial charge in [-0.25, -0.2) is 0 Å². The molecule has 8 fully saturated rings. The Bertz CT molecular complexity index is 759. The topological polar surface area (TPSA) is 61.8 Å². The van der Waals surface area contributed by atoms with Crippen LogP contribution in [0.15, 0.2) is 0 Å². The maximum Gasteiger partial charge on any atom is 0.314 e. The molecular weight excluding hydrogens is 440 g/mol. The number of carbonyl (C=O) groups is 2. The highest BCUT2D eigenvalue weighted by Gasteiger charge is 2.60. The number of rotatable bonds is 7. The lowest BCUT2D eigenvalue weighted by Gasteiger charge is -2.58. The lowest BCUT2D eigenvalue weighted by atomic mass is 9.48. The molecule has 0 heterocycles. The van der Waals surface area contributed by atoms with Crippen molar-refractivity contribution in [3.63, 3.8) is 0 Å². The first-order valence-corrected chi connectivity index (χ1v) is 13.8. The summed E-state index contributed by atoms with van der Waals surface area (Å²) in [6.45, 7) is 6.09. The van der Waals surface area contributed by atoms with E-state index in [1.165, 1.54) is 32.1 Å². The molecular formula is C30H50O5. The second-order valence-electron chi connectivity index (χ2n) is 13.5. The summed E-state index contributed by atoms with van der Waals surface area (Å²) in [6, 6.07) is 0. The summed E-state index contributed by atoms with van der Waals surface area (Å²) >= 11 is 0. The van der Waals surface area contributed by atoms with Gasteiger partial charge in [0.15, 0.2) is 6.79 Å². The lowest BCUT2D eigenvalue weighted by Crippen LogP contribution is -2.58. The van der Waals surface area contributed by atoms with Crippen LogP contribution in [0.25, 0.3) is 0 Å². The molecule has 0 aromatic heterocycles. The average Bonchev–Trinajstić information content (AvgIpc) is 2.76. The first kappa shape index (κ1) is 26.9. The molecule has 5 heteroatoms. The number of ether oxygens (including phenoxy) is 3. The molecule has 8 rings (SSSR count). The van der Waals surface area contributed by atoms with E-state index in [2.05, 4.69) is 0 Å². The minimum atomic E-state index is -0.444. The Labute approximate surface area is 213 Å². The molecule has 8 aliphatic carbocycles. The third-order valence-corrected chi connectivity index (χ3v) is 10.9. The molecule has 0 aliphatic heterocycles. The van der Waals surface area contributed by atoms with Gasteiger partial charge in [-0.05, 0) is 126 Å². The van der Waals surface area contributed by atoms with Gasteiger partial charge in [0, 0.05) is 0 Å². The summed E-state index contributed by atoms with van der Waals surface area (Å²) in [7, 11) is 0. The Hall–Kier alpha value is -1.10. The summed E-state index contributed by atoms with van der Waals surface area (Å²) < 4.78 is 18.2. The zero-order valence-corrected chi connectivity index (χ0v) is 20.7. The van der Waals surface area contributed by atoms with Crippen LogP contribution in [0.1, 0.15) is 106 Å². The van der Waals surface area contributed by atoms with Crippen LogP contribution >= 0.6 is 0 Å². The van der Waals surface area contributed by atoms with E-state index in [9.17, 15) is 9.59 Å². The third-order valence-electron chi connectivity index (χ3n) is 10.9. The van der Waals surface area contributed by atoms with Crippen molar-refractivity contribution < 1.29 is 23.8 Å². The molecule has 0 N–H and O–H groups in total. The standard InChI is InChI=1S/C28H42O5.2CH4/c1-4-27(2,3)25(29)33-24-21-10-18-11-22(24)14-28(12-18,13-21)26(30)32-15-31-23-19-6-16-5-17(8-19)9-20(23)7-16;;/h16-24H,4-15H2,1-3H3;2*1H4. The van der Waals surface area contributed by atoms with Gasteiger partial charge in [0.25, 0.3) is 0 Å². The molecule has 0 aromatic rings. The van der Waals surface area contributed by atoms with Crippen LogP contribution in [0.5, 0.6) is 0 Å². The van der Waals surface area contributed by atoms with Gasteiger partial charge in [0.05, 0.1) is 16.9 Å². The van der Waals surface area contributed by atoms with Gasteiger partial charge in [-0.1, -0.05) is 21.8 Å². The van der Waals surface area contributed by atoms with Gasteiger partial charge in [0.2, 0.25) is 0 Å². The van der Waals surface area contributed by atoms with Crippen LogP contribution in [0.3, 0.4) is 0 Å². The largest absolute Gasteiger partial charge is 0.461 e. The van der Waals surface area contributed by atoms with E-state index in [0.29, 0.717) is 35.7 Å². The molecule has 0 radical (unpaired) electrons. The third kappa shape index (κ3) is 4.57. The zero-order valence-electron chi connectivity index (χ0n) is 20.7. The van der Waals surface area contributed by atoms with Crippen molar-refractivity contribution >= 4 is 11.9 Å². The van der Waals surface area contributed by atoms with Crippen molar-refractivity contribution in [3.8, 4) is 0 Å². The molecule has 2 unspecified atom stereocenters. The second-order valence-corrected chi connectivity index (χ2v) is 13.5. The summed E-state index contributed by atoms with van der Waals surface area (Å²) in [6.07, 6.45) is 12.5. The molecule has 8 saturated carbocycles. The molecule has 0 saturated heterocycles. The molecule has 8 aliphatic rings. The summed E-state index contributed by atoms with van der Waals surface area (Å²) in [5, 5.41) is 0. The van der Waals surface area contributed by atoms with Crippen molar-refractivity contribution in [1.29, 1.82) is 0 Å². The molecule has 2 atom stereocenters. The van der Waals surface area contributed by atoms with Crippen LogP contribution < -0.4 is 0 Å². The van der Waals surface area contributed by atoms with Crippen LogP contribution in [0.4, 0.5) is 0 Å². The minimum absolute atomic E-state index is 0. The van der Waals surface area contributed by atoms with Gasteiger partial charge in [-0.15, -0.1) is 0 Å². The highest BCUT2D eigenvalue weighted by molar-refractivity contribution is 5.78. The van der Waals surface area contributed by atoms with E-state index in [-0.39, 0.29) is 45.1 Å². The zero-order chi connectivity index (χ0) is 23.0. The highest BCUT2D eigenvalue weighted by atomic mass is 16.7. The molecule has 200 valence electrons. The fourth-order valence-corrected chi connectivity index (χ4v) is 9.31. The average molecular weight is 491 g/mol. The van der Waals surface area contributed by atoms with Crippen molar-refractivity contribution in [2.75, 3.05) is 6.79 Å². The lowest BCUT2D eigenvalue weighted by molar-refractivity contribution is -0.214. The normalized spacial score (nSPS) is 44.4. The fraction of sp³-hybridized carbons (Fsp3) is 0.933. The van der Waals surface area contributed by atoms with E-state index in [0.717, 1.165) is 50.4 Å². The number of hydrogen-bond acceptors (Lipinski definition) is 5. The quantitative estimate of drug-likeness (QED) is 0.291. The van der Waals surface area contributed by atoms with Crippen molar-refractivity contribution in [2.24, 2.45) is 52.3 Å². The summed E-state index contributed by atoms with van der Waals surface area (Å²) in [4.78, 5) is 26.1. The van der Waals surface area contributed by atoms with E-state index in [4.69, 9.17) is 14.2 Å². The molecule has 35 heavy (non-hydrogen) atoms. The SMILES string of the molecule is C.C.CCC(C)(C)C(=O)OC1C2CC3CC1CC(C(=O)OCOC1C4CC5CC(C4)CC1C5)(C3)C2. The Morgan fingerprint density at radius 1 is 0.771 bits per heavy atom. The van der Waals surface area contributed by atoms with Gasteiger partial charge in [-0.2, -0.15) is 0 Å². The van der Waals surface area contributed by atoms with E-state index in [1.807, 2.05) is 20.8 Å².